The van der Waals surface area contributed by atoms with Gasteiger partial charge in [-0.25, -0.2) is 0 Å². The number of carbonyl (C=O) groups excluding carboxylic acids is 1. The van der Waals surface area contributed by atoms with E-state index in [1.807, 2.05) is 6.92 Å². The van der Waals surface area contributed by atoms with Crippen LogP contribution in [0.1, 0.15) is 18.4 Å². The van der Waals surface area contributed by atoms with Gasteiger partial charge in [-0.05, 0) is 25.5 Å². The molecule has 7 N–H and O–H groups in total. The molecule has 1 rings (SSSR count). The zero-order valence-electron chi connectivity index (χ0n) is 12.3. The summed E-state index contributed by atoms with van der Waals surface area (Å²) in [6, 6.07) is 5.54. The molecule has 0 saturated carbocycles. The van der Waals surface area contributed by atoms with E-state index in [0.717, 1.165) is 5.56 Å². The first-order chi connectivity index (χ1) is 10.2. The summed E-state index contributed by atoms with van der Waals surface area (Å²) in [6.45, 7) is 2.18. The number of aryl methyl sites for hydroxylation is 1. The van der Waals surface area contributed by atoms with Crippen LogP contribution in [-0.2, 0) is 14.8 Å². The van der Waals surface area contributed by atoms with Crippen LogP contribution in [0, 0.1) is 6.92 Å². The summed E-state index contributed by atoms with van der Waals surface area (Å²) in [6.07, 6.45) is 0.780. The number of sulfonamides is 1. The first-order valence-corrected chi connectivity index (χ1v) is 8.20. The highest BCUT2D eigenvalue weighted by molar-refractivity contribution is 7.90. The number of guanidine groups is 1. The van der Waals surface area contributed by atoms with Crippen molar-refractivity contribution in [1.29, 1.82) is 0 Å². The molecule has 0 saturated heterocycles. The quantitative estimate of drug-likeness (QED) is 0.227. The number of aliphatic carboxylic acids is 1. The Bertz CT molecular complexity index is 641. The van der Waals surface area contributed by atoms with Crippen LogP contribution >= 0.6 is 0 Å². The van der Waals surface area contributed by atoms with Crippen molar-refractivity contribution in [3.63, 3.8) is 0 Å². The Hall–Kier alpha value is -2.13. The minimum absolute atomic E-state index is 0.109. The molecule has 0 spiro atoms. The molecule has 0 heterocycles. The molecule has 0 aromatic heterocycles. The van der Waals surface area contributed by atoms with Crippen molar-refractivity contribution in [1.82, 2.24) is 4.72 Å². The average molecular weight is 329 g/mol. The molecular weight excluding hydrogens is 308 g/mol. The van der Waals surface area contributed by atoms with Gasteiger partial charge in [0.2, 0.25) is 0 Å². The number of hydrogen-bond acceptors (Lipinski definition) is 4. The summed E-state index contributed by atoms with van der Waals surface area (Å²) >= 11 is 0. The minimum Gasteiger partial charge on any atom is -0.544 e. The van der Waals surface area contributed by atoms with Crippen LogP contribution in [-0.4, -0.2) is 32.9 Å². The van der Waals surface area contributed by atoms with E-state index in [9.17, 15) is 18.3 Å². The van der Waals surface area contributed by atoms with Gasteiger partial charge in [0, 0.05) is 6.42 Å². The van der Waals surface area contributed by atoms with Gasteiger partial charge in [-0.15, -0.1) is 0 Å². The zero-order chi connectivity index (χ0) is 16.8. The smallest absolute Gasteiger partial charge is 0.356 e. The van der Waals surface area contributed by atoms with Gasteiger partial charge in [-0.1, -0.05) is 17.7 Å². The molecular formula is C13H21N4O4S+. The number of rotatable bonds is 7. The van der Waals surface area contributed by atoms with Gasteiger partial charge < -0.3 is 15.6 Å². The molecule has 8 nitrogen and oxygen atoms in total. The van der Waals surface area contributed by atoms with E-state index in [2.05, 4.69) is 15.4 Å². The summed E-state index contributed by atoms with van der Waals surface area (Å²) < 4.78 is 26.3. The predicted octanol–water partition coefficient (Wildman–Crippen LogP) is -4.19. The highest BCUT2D eigenvalue weighted by atomic mass is 32.2. The molecule has 1 atom stereocenters. The zero-order valence-corrected chi connectivity index (χ0v) is 13.2. The van der Waals surface area contributed by atoms with Gasteiger partial charge in [0.25, 0.3) is 0 Å². The van der Waals surface area contributed by atoms with Gasteiger partial charge in [0.1, 0.15) is 10.9 Å². The third kappa shape index (κ3) is 5.70. The first kappa shape index (κ1) is 17.9. The van der Waals surface area contributed by atoms with Crippen LogP contribution in [0.2, 0.25) is 0 Å². The Labute approximate surface area is 129 Å². The first-order valence-electron chi connectivity index (χ1n) is 6.72. The summed E-state index contributed by atoms with van der Waals surface area (Å²) in [5, 5.41) is 10.5. The lowest BCUT2D eigenvalue weighted by atomic mass is 10.2. The number of carboxylic acids is 1. The fourth-order valence-electron chi connectivity index (χ4n) is 1.65. The maximum absolute atomic E-state index is 12.0. The summed E-state index contributed by atoms with van der Waals surface area (Å²) in [5.41, 5.74) is 9.94. The largest absolute Gasteiger partial charge is 0.544 e. The van der Waals surface area contributed by atoms with Crippen molar-refractivity contribution < 1.29 is 29.0 Å². The molecule has 22 heavy (non-hydrogen) atoms. The number of hydrogen-bond donors (Lipinski definition) is 4. The maximum Gasteiger partial charge on any atom is 0.356 e. The topological polar surface area (TPSA) is 154 Å². The molecule has 0 fully saturated rings. The fourth-order valence-corrected chi connectivity index (χ4v) is 2.62. The van der Waals surface area contributed by atoms with E-state index in [-0.39, 0.29) is 10.9 Å². The fraction of sp³-hybridized carbons (Fsp3) is 0.385. The SMILES string of the molecule is Cc1ccc(S(=O)(=O)NC(N)=[NH+]CCC[C@@H]([NH3+])C(=O)[O-])cc1. The van der Waals surface area contributed by atoms with Crippen LogP contribution in [0.4, 0.5) is 0 Å². The molecule has 0 radical (unpaired) electrons. The molecule has 0 amide bonds. The van der Waals surface area contributed by atoms with Crippen molar-refractivity contribution in [3.05, 3.63) is 29.8 Å². The standard InChI is InChI=1S/C13H20N4O4S/c1-9-4-6-10(7-5-9)22(20,21)17-13(15)16-8-2-3-11(14)12(18)19/h4-7,11H,2-3,8,14H2,1H3,(H,18,19)(H3,15,16,17)/p+1/t11-/m1/s1. The van der Waals surface area contributed by atoms with Gasteiger partial charge >= 0.3 is 16.0 Å². The summed E-state index contributed by atoms with van der Waals surface area (Å²) in [4.78, 5) is 13.3. The lowest BCUT2D eigenvalue weighted by Crippen LogP contribution is -2.79. The number of quaternary nitrogens is 1. The summed E-state index contributed by atoms with van der Waals surface area (Å²) in [7, 11) is -3.73. The van der Waals surface area contributed by atoms with E-state index < -0.39 is 22.0 Å². The highest BCUT2D eigenvalue weighted by Gasteiger charge is 2.19. The molecule has 9 heteroatoms. The Kier molecular flexibility index (Phi) is 6.32. The second-order valence-electron chi connectivity index (χ2n) is 4.92. The van der Waals surface area contributed by atoms with Crippen molar-refractivity contribution in [2.45, 2.75) is 30.7 Å². The van der Waals surface area contributed by atoms with E-state index in [0.29, 0.717) is 19.4 Å². The Morgan fingerprint density at radius 2 is 2.00 bits per heavy atom. The number of nitrogens with one attached hydrogen (secondary N) is 2. The van der Waals surface area contributed by atoms with E-state index in [1.165, 1.54) is 12.1 Å². The van der Waals surface area contributed by atoms with Crippen LogP contribution in [0.3, 0.4) is 0 Å². The predicted molar refractivity (Wildman–Crippen MR) is 77.4 cm³/mol. The van der Waals surface area contributed by atoms with Crippen LogP contribution in [0.15, 0.2) is 29.2 Å². The van der Waals surface area contributed by atoms with E-state index in [4.69, 9.17) is 5.73 Å². The molecule has 1 aromatic carbocycles. The number of carboxylic acid groups (broad SMARTS) is 1. The van der Waals surface area contributed by atoms with Gasteiger partial charge in [0.05, 0.1) is 12.5 Å². The van der Waals surface area contributed by atoms with E-state index >= 15 is 0 Å². The van der Waals surface area contributed by atoms with Crippen LogP contribution < -0.4 is 26.3 Å². The monoisotopic (exact) mass is 329 g/mol. The maximum atomic E-state index is 12.0. The third-order valence-electron chi connectivity index (χ3n) is 2.95. The molecule has 1 aromatic rings. The van der Waals surface area contributed by atoms with E-state index in [1.54, 1.807) is 12.1 Å². The third-order valence-corrected chi connectivity index (χ3v) is 4.34. The normalized spacial score (nSPS) is 13.6. The second-order valence-corrected chi connectivity index (χ2v) is 6.60. The molecule has 122 valence electrons. The average Bonchev–Trinajstić information content (AvgIpc) is 2.43. The van der Waals surface area contributed by atoms with Crippen molar-refractivity contribution in [2.75, 3.05) is 6.54 Å². The number of nitrogens with two attached hydrogens (primary N) is 1. The molecule has 0 aliphatic rings. The summed E-state index contributed by atoms with van der Waals surface area (Å²) in [5.74, 6) is -1.33. The Morgan fingerprint density at radius 3 is 2.55 bits per heavy atom. The van der Waals surface area contributed by atoms with Gasteiger partial charge in [-0.2, -0.15) is 13.1 Å². The molecule has 0 aliphatic carbocycles. The Balaban J connectivity index is 2.56. The van der Waals surface area contributed by atoms with Crippen LogP contribution in [0.25, 0.3) is 0 Å². The number of benzene rings is 1. The molecule has 0 bridgehead atoms. The molecule has 0 aliphatic heterocycles. The van der Waals surface area contributed by atoms with Gasteiger partial charge in [-0.3, -0.25) is 10.7 Å². The second kappa shape index (κ2) is 7.76. The highest BCUT2D eigenvalue weighted by Crippen LogP contribution is 2.08. The molecule has 0 unspecified atom stereocenters. The van der Waals surface area contributed by atoms with Crippen LogP contribution in [0.5, 0.6) is 0 Å². The van der Waals surface area contributed by atoms with Gasteiger partial charge in [0.15, 0.2) is 0 Å². The number of carbonyl (C=O) groups is 1. The van der Waals surface area contributed by atoms with Crippen molar-refractivity contribution in [3.8, 4) is 0 Å². The van der Waals surface area contributed by atoms with Crippen molar-refractivity contribution in [2.24, 2.45) is 5.73 Å². The lowest BCUT2D eigenvalue weighted by Gasteiger charge is -2.07. The van der Waals surface area contributed by atoms with Crippen molar-refractivity contribution >= 4 is 22.0 Å². The minimum atomic E-state index is -3.73. The Morgan fingerprint density at radius 1 is 1.41 bits per heavy atom. The lowest BCUT2D eigenvalue weighted by molar-refractivity contribution is -0.467.